The Morgan fingerprint density at radius 3 is 2.79 bits per heavy atom. The van der Waals surface area contributed by atoms with Crippen LogP contribution in [0.15, 0.2) is 18.3 Å². The Balaban J connectivity index is 1.75. The SMILES string of the molecule is Cc1ccc(NC(=O)CCNC(=O)C2CCCCN2C(C)C)nc1. The summed E-state index contributed by atoms with van der Waals surface area (Å²) in [4.78, 5) is 30.7. The molecule has 0 aliphatic carbocycles. The van der Waals surface area contributed by atoms with Gasteiger partial charge in [0.25, 0.3) is 0 Å². The standard InChI is InChI=1S/C18H28N4O2/c1-13(2)22-11-5-4-6-15(22)18(24)19-10-9-17(23)21-16-8-7-14(3)12-20-16/h7-8,12-13,15H,4-6,9-11H2,1-3H3,(H,19,24)(H,20,21,23). The lowest BCUT2D eigenvalue weighted by Crippen LogP contribution is -2.52. The average molecular weight is 332 g/mol. The molecule has 2 heterocycles. The Morgan fingerprint density at radius 1 is 1.33 bits per heavy atom. The van der Waals surface area contributed by atoms with E-state index in [0.29, 0.717) is 18.4 Å². The van der Waals surface area contributed by atoms with E-state index in [1.54, 1.807) is 12.3 Å². The monoisotopic (exact) mass is 332 g/mol. The van der Waals surface area contributed by atoms with Gasteiger partial charge in [-0.15, -0.1) is 0 Å². The Hall–Kier alpha value is -1.95. The van der Waals surface area contributed by atoms with Gasteiger partial charge < -0.3 is 10.6 Å². The van der Waals surface area contributed by atoms with E-state index in [1.165, 1.54) is 0 Å². The molecule has 1 aromatic heterocycles. The zero-order chi connectivity index (χ0) is 17.5. The molecule has 1 aliphatic heterocycles. The molecule has 2 rings (SSSR count). The van der Waals surface area contributed by atoms with Crippen molar-refractivity contribution in [1.29, 1.82) is 0 Å². The topological polar surface area (TPSA) is 74.3 Å². The summed E-state index contributed by atoms with van der Waals surface area (Å²) in [6, 6.07) is 3.96. The summed E-state index contributed by atoms with van der Waals surface area (Å²) in [5.74, 6) is 0.427. The normalized spacial score (nSPS) is 18.4. The van der Waals surface area contributed by atoms with Gasteiger partial charge in [-0.05, 0) is 51.8 Å². The van der Waals surface area contributed by atoms with E-state index in [9.17, 15) is 9.59 Å². The summed E-state index contributed by atoms with van der Waals surface area (Å²) >= 11 is 0. The molecule has 1 saturated heterocycles. The number of carbonyl (C=O) groups is 2. The lowest BCUT2D eigenvalue weighted by molar-refractivity contribution is -0.128. The molecule has 2 N–H and O–H groups in total. The number of nitrogens with one attached hydrogen (secondary N) is 2. The van der Waals surface area contributed by atoms with Gasteiger partial charge in [0.15, 0.2) is 0 Å². The van der Waals surface area contributed by atoms with Gasteiger partial charge in [0.1, 0.15) is 5.82 Å². The predicted octanol–water partition coefficient (Wildman–Crippen LogP) is 2.10. The molecule has 1 fully saturated rings. The van der Waals surface area contributed by atoms with E-state index in [0.717, 1.165) is 31.4 Å². The minimum absolute atomic E-state index is 0.0321. The molecular formula is C18H28N4O2. The summed E-state index contributed by atoms with van der Waals surface area (Å²) in [7, 11) is 0. The van der Waals surface area contributed by atoms with E-state index in [2.05, 4.69) is 34.4 Å². The number of nitrogens with zero attached hydrogens (tertiary/aromatic N) is 2. The molecule has 0 spiro atoms. The third-order valence-electron chi connectivity index (χ3n) is 4.34. The first kappa shape index (κ1) is 18.4. The number of hydrogen-bond acceptors (Lipinski definition) is 4. The van der Waals surface area contributed by atoms with Crippen molar-refractivity contribution < 1.29 is 9.59 Å². The molecule has 1 atom stereocenters. The maximum atomic E-state index is 12.4. The third-order valence-corrected chi connectivity index (χ3v) is 4.34. The van der Waals surface area contributed by atoms with Crippen LogP contribution in [0.4, 0.5) is 5.82 Å². The minimum atomic E-state index is -0.143. The number of pyridine rings is 1. The smallest absolute Gasteiger partial charge is 0.237 e. The number of piperidine rings is 1. The minimum Gasteiger partial charge on any atom is -0.354 e. The van der Waals surface area contributed by atoms with Gasteiger partial charge >= 0.3 is 0 Å². The fourth-order valence-corrected chi connectivity index (χ4v) is 3.02. The fourth-order valence-electron chi connectivity index (χ4n) is 3.02. The molecule has 0 aromatic carbocycles. The first-order valence-electron chi connectivity index (χ1n) is 8.73. The summed E-state index contributed by atoms with van der Waals surface area (Å²) < 4.78 is 0. The van der Waals surface area contributed by atoms with Crippen molar-refractivity contribution in [1.82, 2.24) is 15.2 Å². The van der Waals surface area contributed by atoms with Crippen LogP contribution in [0.5, 0.6) is 0 Å². The Labute approximate surface area is 144 Å². The molecule has 0 bridgehead atoms. The highest BCUT2D eigenvalue weighted by atomic mass is 16.2. The third kappa shape index (κ3) is 5.30. The van der Waals surface area contributed by atoms with Gasteiger partial charge in [-0.3, -0.25) is 14.5 Å². The van der Waals surface area contributed by atoms with Crippen LogP contribution in [0.3, 0.4) is 0 Å². The van der Waals surface area contributed by atoms with Crippen LogP contribution < -0.4 is 10.6 Å². The zero-order valence-electron chi connectivity index (χ0n) is 14.8. The van der Waals surface area contributed by atoms with Gasteiger partial charge in [0, 0.05) is 25.2 Å². The molecule has 6 nitrogen and oxygen atoms in total. The van der Waals surface area contributed by atoms with Crippen LogP contribution in [0, 0.1) is 6.92 Å². The van der Waals surface area contributed by atoms with Crippen LogP contribution in [-0.2, 0) is 9.59 Å². The fraction of sp³-hybridized carbons (Fsp3) is 0.611. The maximum absolute atomic E-state index is 12.4. The number of aryl methyl sites for hydroxylation is 1. The van der Waals surface area contributed by atoms with Gasteiger partial charge in [0.2, 0.25) is 11.8 Å². The van der Waals surface area contributed by atoms with Crippen LogP contribution in [0.25, 0.3) is 0 Å². The molecular weight excluding hydrogens is 304 g/mol. The van der Waals surface area contributed by atoms with E-state index >= 15 is 0 Å². The Kier molecular flexibility index (Phi) is 6.73. The molecule has 1 aromatic rings. The van der Waals surface area contributed by atoms with Gasteiger partial charge in [-0.2, -0.15) is 0 Å². The Morgan fingerprint density at radius 2 is 2.12 bits per heavy atom. The molecule has 0 saturated carbocycles. The van der Waals surface area contributed by atoms with Crippen LogP contribution in [0.1, 0.15) is 45.1 Å². The molecule has 0 radical (unpaired) electrons. The lowest BCUT2D eigenvalue weighted by atomic mass is 9.99. The first-order valence-corrected chi connectivity index (χ1v) is 8.73. The quantitative estimate of drug-likeness (QED) is 0.836. The Bertz CT molecular complexity index is 557. The molecule has 24 heavy (non-hydrogen) atoms. The van der Waals surface area contributed by atoms with E-state index in [-0.39, 0.29) is 24.3 Å². The molecule has 132 valence electrons. The van der Waals surface area contributed by atoms with E-state index in [1.807, 2.05) is 13.0 Å². The van der Waals surface area contributed by atoms with Crippen molar-refractivity contribution in [2.45, 2.75) is 58.5 Å². The maximum Gasteiger partial charge on any atom is 0.237 e. The zero-order valence-corrected chi connectivity index (χ0v) is 14.8. The largest absolute Gasteiger partial charge is 0.354 e. The van der Waals surface area contributed by atoms with Crippen molar-refractivity contribution in [2.75, 3.05) is 18.4 Å². The summed E-state index contributed by atoms with van der Waals surface area (Å²) in [6.07, 6.45) is 5.08. The van der Waals surface area contributed by atoms with Crippen molar-refractivity contribution >= 4 is 17.6 Å². The predicted molar refractivity (Wildman–Crippen MR) is 94.7 cm³/mol. The number of carbonyl (C=O) groups excluding carboxylic acids is 2. The molecule has 2 amide bonds. The highest BCUT2D eigenvalue weighted by Crippen LogP contribution is 2.19. The average Bonchev–Trinajstić information content (AvgIpc) is 2.56. The van der Waals surface area contributed by atoms with Gasteiger partial charge in [-0.25, -0.2) is 4.98 Å². The first-order chi connectivity index (χ1) is 11.5. The molecule has 6 heteroatoms. The van der Waals surface area contributed by atoms with Crippen LogP contribution in [-0.4, -0.2) is 46.9 Å². The molecule has 1 aliphatic rings. The van der Waals surface area contributed by atoms with Crippen molar-refractivity contribution in [3.8, 4) is 0 Å². The highest BCUT2D eigenvalue weighted by molar-refractivity contribution is 5.90. The van der Waals surface area contributed by atoms with Crippen molar-refractivity contribution in [3.63, 3.8) is 0 Å². The summed E-state index contributed by atoms with van der Waals surface area (Å²) in [6.45, 7) is 7.50. The van der Waals surface area contributed by atoms with Crippen LogP contribution >= 0.6 is 0 Å². The second-order valence-corrected chi connectivity index (χ2v) is 6.65. The number of aromatic nitrogens is 1. The second kappa shape index (κ2) is 8.78. The van der Waals surface area contributed by atoms with Crippen LogP contribution in [0.2, 0.25) is 0 Å². The number of anilines is 1. The number of amides is 2. The molecule has 1 unspecified atom stereocenters. The van der Waals surface area contributed by atoms with Gasteiger partial charge in [0.05, 0.1) is 6.04 Å². The van der Waals surface area contributed by atoms with E-state index in [4.69, 9.17) is 0 Å². The number of hydrogen-bond donors (Lipinski definition) is 2. The summed E-state index contributed by atoms with van der Waals surface area (Å²) in [5, 5.41) is 5.64. The van der Waals surface area contributed by atoms with Crippen molar-refractivity contribution in [2.24, 2.45) is 0 Å². The van der Waals surface area contributed by atoms with Crippen molar-refractivity contribution in [3.05, 3.63) is 23.9 Å². The van der Waals surface area contributed by atoms with E-state index < -0.39 is 0 Å². The lowest BCUT2D eigenvalue weighted by Gasteiger charge is -2.37. The highest BCUT2D eigenvalue weighted by Gasteiger charge is 2.29. The summed E-state index contributed by atoms with van der Waals surface area (Å²) in [5.41, 5.74) is 1.04. The van der Waals surface area contributed by atoms with Gasteiger partial charge in [-0.1, -0.05) is 12.5 Å². The number of rotatable bonds is 6. The second-order valence-electron chi connectivity index (χ2n) is 6.65. The number of likely N-dealkylation sites (tertiary alicyclic amines) is 1.